The van der Waals surface area contributed by atoms with Crippen molar-refractivity contribution in [2.45, 2.75) is 53.4 Å². The molecular weight excluding hydrogens is 1470 g/mol. The Kier molecular flexibility index (Phi) is 27.7. The number of anilines is 1. The average molecular weight is 1550 g/mol. The summed E-state index contributed by atoms with van der Waals surface area (Å²) in [6.07, 6.45) is 1.07. The van der Waals surface area contributed by atoms with E-state index in [1.165, 1.54) is 59.8 Å². The molecule has 4 heterocycles. The number of aromatic nitrogens is 4. The molecule has 6 N–H and O–H groups in total. The maximum Gasteiger partial charge on any atom is 0.415 e. The van der Waals surface area contributed by atoms with Crippen LogP contribution in [0.15, 0.2) is 102 Å². The molecule has 0 saturated heterocycles. The fourth-order valence-electron chi connectivity index (χ4n) is 10.1. The van der Waals surface area contributed by atoms with Gasteiger partial charge >= 0.3 is 12.1 Å². The van der Waals surface area contributed by atoms with E-state index in [1.807, 2.05) is 60.9 Å². The maximum atomic E-state index is 14.6. The van der Waals surface area contributed by atoms with Gasteiger partial charge in [-0.25, -0.2) is 19.6 Å². The molecule has 96 heavy (non-hydrogen) atoms. The van der Waals surface area contributed by atoms with Crippen LogP contribution in [-0.2, 0) is 45.4 Å². The molecule has 1 unspecified atom stereocenters. The van der Waals surface area contributed by atoms with Crippen molar-refractivity contribution in [3.8, 4) is 23.0 Å². The number of hydrogen-bond acceptors (Lipinski definition) is 21. The van der Waals surface area contributed by atoms with Crippen LogP contribution in [0.2, 0.25) is 0 Å². The second kappa shape index (κ2) is 35.5. The van der Waals surface area contributed by atoms with Gasteiger partial charge in [0.1, 0.15) is 17.4 Å². The van der Waals surface area contributed by atoms with Crippen LogP contribution in [0.1, 0.15) is 74.5 Å². The van der Waals surface area contributed by atoms with Gasteiger partial charge in [-0.3, -0.25) is 23.7 Å². The number of esters is 1. The molecule has 7 aromatic rings. The summed E-state index contributed by atoms with van der Waals surface area (Å²) in [6, 6.07) is 28.4. The van der Waals surface area contributed by atoms with Crippen molar-refractivity contribution < 1.29 is 73.2 Å². The highest BCUT2D eigenvalue weighted by Crippen LogP contribution is 2.48. The number of carbonyl (C=O) groups is 6. The molecule has 0 aliphatic carbocycles. The quantitative estimate of drug-likeness (QED) is 0.00423. The molecule has 2 atom stereocenters. The smallest absolute Gasteiger partial charge is 0.415 e. The van der Waals surface area contributed by atoms with Gasteiger partial charge in [-0.05, 0) is 74.2 Å². The molecule has 3 aromatic heterocycles. The average Bonchev–Trinajstić information content (AvgIpc) is 1.57. The van der Waals surface area contributed by atoms with E-state index < -0.39 is 68.9 Å². The van der Waals surface area contributed by atoms with E-state index in [0.717, 1.165) is 16.3 Å². The second-order valence-electron chi connectivity index (χ2n) is 21.9. The van der Waals surface area contributed by atoms with Gasteiger partial charge in [0.15, 0.2) is 40.3 Å². The molecule has 0 bridgehead atoms. The number of H-pyrrole nitrogens is 2. The lowest BCUT2D eigenvalue weighted by Gasteiger charge is -2.33. The predicted molar refractivity (Wildman–Crippen MR) is 384 cm³/mol. The molecule has 8 rings (SSSR count). The first-order valence-corrected chi connectivity index (χ1v) is 37.6. The predicted octanol–water partition coefficient (Wildman–Crippen LogP) is 10.3. The molecule has 1 aliphatic rings. The van der Waals surface area contributed by atoms with E-state index in [-0.39, 0.29) is 92.7 Å². The highest BCUT2D eigenvalue weighted by molar-refractivity contribution is 14.1. The summed E-state index contributed by atoms with van der Waals surface area (Å²) < 4.78 is 70.4. The zero-order valence-electron chi connectivity index (χ0n) is 53.4. The van der Waals surface area contributed by atoms with Crippen LogP contribution in [0.5, 0.6) is 23.0 Å². The van der Waals surface area contributed by atoms with Crippen molar-refractivity contribution in [3.05, 3.63) is 131 Å². The monoisotopic (exact) mass is 1550 g/mol. The SMILES string of the molecule is COC(=O)c1cc2c3c(cc(OC(=O)N(C)CCSSC(C)(C)C(NC(=O)CCOCCOCCNC(=O)c4ccc5nc(CSC)c(CSc6ccccccccc6)nc5c4)C(=O)NCCS(=O)(=O)O)c2[nH]1)N(C(=O)c1cc2cc(OC)c(OI)c(OC)c2[nH]1)C[C@H]3CCl. The van der Waals surface area contributed by atoms with E-state index in [2.05, 4.69) is 25.9 Å². The van der Waals surface area contributed by atoms with Gasteiger partial charge in [0, 0.05) is 101 Å². The molecule has 0 saturated carbocycles. The van der Waals surface area contributed by atoms with Gasteiger partial charge < -0.3 is 67.2 Å². The van der Waals surface area contributed by atoms with Gasteiger partial charge in [-0.15, -0.1) is 23.4 Å². The highest BCUT2D eigenvalue weighted by Gasteiger charge is 2.39. The van der Waals surface area contributed by atoms with Gasteiger partial charge in [0.05, 0.1) is 92.7 Å². The molecule has 0 fully saturated rings. The third-order valence-corrected chi connectivity index (χ3v) is 21.3. The largest absolute Gasteiger partial charge is 0.493 e. The first kappa shape index (κ1) is 74.8. The number of rotatable bonds is 33. The minimum absolute atomic E-state index is 0.00114. The van der Waals surface area contributed by atoms with Crippen LogP contribution in [0.25, 0.3) is 32.8 Å². The lowest BCUT2D eigenvalue weighted by molar-refractivity contribution is -0.130. The minimum Gasteiger partial charge on any atom is -0.493 e. The molecular formula is C64H73ClIN9O16S5. The van der Waals surface area contributed by atoms with E-state index in [4.69, 9.17) is 53.1 Å². The molecule has 4 aromatic carbocycles. The summed E-state index contributed by atoms with van der Waals surface area (Å²) in [5, 5.41) is 9.18. The fraction of sp³-hybridized carbons (Fsp3) is 0.375. The second-order valence-corrected chi connectivity index (χ2v) is 29.2. The van der Waals surface area contributed by atoms with Crippen molar-refractivity contribution >= 4 is 164 Å². The maximum absolute atomic E-state index is 14.6. The Balaban J connectivity index is 0.822. The molecule has 514 valence electrons. The van der Waals surface area contributed by atoms with Gasteiger partial charge in [-0.1, -0.05) is 64.1 Å². The fourth-order valence-corrected chi connectivity index (χ4v) is 15.2. The normalized spacial score (nSPS) is 13.2. The number of benzene rings is 3. The Bertz CT molecular complexity index is 4120. The lowest BCUT2D eigenvalue weighted by atomic mass is 9.98. The van der Waals surface area contributed by atoms with Gasteiger partial charge in [0.2, 0.25) is 17.6 Å². The van der Waals surface area contributed by atoms with E-state index in [1.54, 1.807) is 103 Å². The van der Waals surface area contributed by atoms with Gasteiger partial charge in [0.25, 0.3) is 21.9 Å². The number of amides is 5. The first-order valence-electron chi connectivity index (χ1n) is 29.8. The third-order valence-electron chi connectivity index (χ3n) is 14.9. The highest BCUT2D eigenvalue weighted by atomic mass is 127. The summed E-state index contributed by atoms with van der Waals surface area (Å²) >= 11 is 11.6. The van der Waals surface area contributed by atoms with E-state index in [9.17, 15) is 41.7 Å². The van der Waals surface area contributed by atoms with E-state index >= 15 is 0 Å². The number of alkyl halides is 1. The van der Waals surface area contributed by atoms with Crippen LogP contribution >= 0.6 is 79.7 Å². The molecule has 0 radical (unpaired) electrons. The number of methoxy groups -OCH3 is 3. The number of fused-ring (bicyclic) bond motifs is 5. The van der Waals surface area contributed by atoms with Crippen LogP contribution in [0.3, 0.4) is 0 Å². The Labute approximate surface area is 590 Å². The number of halogens is 2. The molecule has 0 spiro atoms. The van der Waals surface area contributed by atoms with Crippen molar-refractivity contribution in [2.24, 2.45) is 0 Å². The van der Waals surface area contributed by atoms with Crippen LogP contribution in [0.4, 0.5) is 10.5 Å². The third kappa shape index (κ3) is 19.7. The number of hydrogen-bond donors (Lipinski definition) is 6. The summed E-state index contributed by atoms with van der Waals surface area (Å²) in [4.78, 5) is 102. The molecule has 1 aliphatic heterocycles. The number of nitrogens with zero attached hydrogens (tertiary/aromatic N) is 4. The zero-order valence-corrected chi connectivity index (χ0v) is 60.4. The van der Waals surface area contributed by atoms with Gasteiger partial charge in [-0.2, -0.15) is 20.2 Å². The molecule has 32 heteroatoms. The lowest BCUT2D eigenvalue weighted by Crippen LogP contribution is -2.56. The van der Waals surface area contributed by atoms with Crippen LogP contribution < -0.4 is 38.1 Å². The van der Waals surface area contributed by atoms with Crippen LogP contribution in [-0.4, -0.2) is 189 Å². The molecule has 5 amide bonds. The number of ether oxygens (including phenoxy) is 6. The van der Waals surface area contributed by atoms with Crippen molar-refractivity contribution in [3.63, 3.8) is 0 Å². The summed E-state index contributed by atoms with van der Waals surface area (Å²) in [7, 11) is 3.77. The Morgan fingerprint density at radius 1 is 0.823 bits per heavy atom. The Hall–Kier alpha value is -6.95. The van der Waals surface area contributed by atoms with Crippen LogP contribution in [0, 0.1) is 0 Å². The van der Waals surface area contributed by atoms with Crippen molar-refractivity contribution in [1.82, 2.24) is 40.8 Å². The Morgan fingerprint density at radius 3 is 2.20 bits per heavy atom. The summed E-state index contributed by atoms with van der Waals surface area (Å²) in [5.74, 6) is -1.18. The standard InChI is InChI=1S/C64H73ClIN9O16S5/c1-64(2,95-94-27-22-74(3)63(81)90-50-33-49-53(42-32-46(62(80)87-6)72-55(42)50)40(34-65)35-75(49)61(79)45-30-39-31-51(85-4)56(91-66)57(86-5)54(39)71-45)58(60(78)68-21-28-96(82,83)84)73-52(76)19-23-88-25-26-89-24-20-67-59(77)38-17-18-43-44(29-38)70-48(47(69-43)36-92-7)37-93-41-15-13-11-9-8-10-12-14-16-41/h8-18,29-33,40,58,71-72H,19-28,34-37H2,1-7H3,(H,67,77)(H,68,78)(H,73,76)(H,82,83,84)/t40-,58?/m1/s1. The summed E-state index contributed by atoms with van der Waals surface area (Å²) in [6.45, 7) is 3.86. The Morgan fingerprint density at radius 2 is 1.52 bits per heavy atom. The topological polar surface area (TPSA) is 321 Å². The number of carbonyl (C=O) groups excluding carboxylic acids is 6. The zero-order chi connectivity index (χ0) is 69.1. The molecule has 25 nitrogen and oxygen atoms in total. The minimum atomic E-state index is -4.43. The first-order chi connectivity index (χ1) is 46.1. The number of aromatic amines is 2. The van der Waals surface area contributed by atoms with E-state index in [0.29, 0.717) is 72.9 Å². The number of thioether (sulfide) groups is 2. The number of nitrogens with one attached hydrogen (secondary N) is 5. The van der Waals surface area contributed by atoms with Crippen molar-refractivity contribution in [1.29, 1.82) is 0 Å². The summed E-state index contributed by atoms with van der Waals surface area (Å²) in [5.41, 5.74) is 5.52. The van der Waals surface area contributed by atoms with Crippen molar-refractivity contribution in [2.75, 3.05) is 110 Å².